The van der Waals surface area contributed by atoms with Crippen LogP contribution < -0.4 is 0 Å². The van der Waals surface area contributed by atoms with Gasteiger partial charge in [-0.3, -0.25) is 4.79 Å². The number of amides is 1. The summed E-state index contributed by atoms with van der Waals surface area (Å²) in [6.07, 6.45) is 4.48. The molecule has 0 aromatic rings. The van der Waals surface area contributed by atoms with Crippen LogP contribution in [0.3, 0.4) is 0 Å². The van der Waals surface area contributed by atoms with E-state index < -0.39 is 10.0 Å². The Morgan fingerprint density at radius 1 is 0.952 bits per heavy atom. The minimum Gasteiger partial charge on any atom is -0.368 e. The van der Waals surface area contributed by atoms with E-state index >= 15 is 0 Å². The summed E-state index contributed by atoms with van der Waals surface area (Å²) < 4.78 is 32.1. The van der Waals surface area contributed by atoms with Crippen molar-refractivity contribution in [3.05, 3.63) is 0 Å². The number of hydrogen-bond donors (Lipinski definition) is 0. The van der Waals surface area contributed by atoms with Crippen molar-refractivity contribution in [3.8, 4) is 0 Å². The normalized spacial score (nSPS) is 29.1. The fourth-order valence-electron chi connectivity index (χ4n) is 3.50. The average molecular weight is 316 g/mol. The van der Waals surface area contributed by atoms with Gasteiger partial charge in [0, 0.05) is 32.8 Å². The second-order valence-corrected chi connectivity index (χ2v) is 8.39. The maximum absolute atomic E-state index is 12.5. The molecule has 3 rings (SSSR count). The smallest absolute Gasteiger partial charge is 0.251 e. The monoisotopic (exact) mass is 316 g/mol. The summed E-state index contributed by atoms with van der Waals surface area (Å²) in [6.45, 7) is 3.07. The molecule has 0 aromatic carbocycles. The molecule has 6 nitrogen and oxygen atoms in total. The van der Waals surface area contributed by atoms with Gasteiger partial charge in [0.05, 0.1) is 5.25 Å². The second kappa shape index (κ2) is 6.22. The van der Waals surface area contributed by atoms with E-state index in [9.17, 15) is 13.2 Å². The first-order valence-corrected chi connectivity index (χ1v) is 9.49. The maximum Gasteiger partial charge on any atom is 0.251 e. The van der Waals surface area contributed by atoms with Gasteiger partial charge in [0.25, 0.3) is 5.91 Å². The van der Waals surface area contributed by atoms with Crippen LogP contribution in [0.5, 0.6) is 0 Å². The van der Waals surface area contributed by atoms with Crippen molar-refractivity contribution in [2.24, 2.45) is 0 Å². The van der Waals surface area contributed by atoms with E-state index in [0.717, 1.165) is 25.7 Å². The van der Waals surface area contributed by atoms with Crippen LogP contribution in [0.2, 0.25) is 0 Å². The van der Waals surface area contributed by atoms with Crippen LogP contribution in [-0.4, -0.2) is 67.7 Å². The Kier molecular flexibility index (Phi) is 4.51. The lowest BCUT2D eigenvalue weighted by atomic mass is 10.1. The third-order valence-electron chi connectivity index (χ3n) is 4.80. The molecular formula is C14H24N2O4S. The van der Waals surface area contributed by atoms with Gasteiger partial charge in [-0.05, 0) is 38.5 Å². The first kappa shape index (κ1) is 15.2. The van der Waals surface area contributed by atoms with E-state index in [0.29, 0.717) is 45.6 Å². The van der Waals surface area contributed by atoms with Crippen LogP contribution in [0.25, 0.3) is 0 Å². The number of sulfonamides is 1. The highest BCUT2D eigenvalue weighted by Gasteiger charge is 2.38. The SMILES string of the molecule is O=C(C1CCCO1)N1CCC(S(=O)(=O)N2CCCC2)CC1. The van der Waals surface area contributed by atoms with Crippen molar-refractivity contribution in [1.29, 1.82) is 0 Å². The summed E-state index contributed by atoms with van der Waals surface area (Å²) in [5.41, 5.74) is 0. The fraction of sp³-hybridized carbons (Fsp3) is 0.929. The lowest BCUT2D eigenvalue weighted by Crippen LogP contribution is -2.48. The van der Waals surface area contributed by atoms with E-state index in [1.165, 1.54) is 0 Å². The Hall–Kier alpha value is -0.660. The quantitative estimate of drug-likeness (QED) is 0.764. The van der Waals surface area contributed by atoms with Crippen LogP contribution in [0.4, 0.5) is 0 Å². The first-order chi connectivity index (χ1) is 10.1. The number of likely N-dealkylation sites (tertiary alicyclic amines) is 1. The second-order valence-electron chi connectivity index (χ2n) is 6.18. The molecule has 3 heterocycles. The van der Waals surface area contributed by atoms with Crippen molar-refractivity contribution in [2.75, 3.05) is 32.8 Å². The topological polar surface area (TPSA) is 66.9 Å². The maximum atomic E-state index is 12.5. The predicted octanol–water partition coefficient (Wildman–Crippen LogP) is 0.582. The van der Waals surface area contributed by atoms with Gasteiger partial charge in [0.15, 0.2) is 0 Å². The van der Waals surface area contributed by atoms with E-state index in [-0.39, 0.29) is 17.3 Å². The molecule has 3 saturated heterocycles. The number of nitrogens with zero attached hydrogens (tertiary/aromatic N) is 2. The Morgan fingerprint density at radius 2 is 1.62 bits per heavy atom. The molecule has 1 amide bonds. The molecule has 0 bridgehead atoms. The molecule has 3 aliphatic rings. The van der Waals surface area contributed by atoms with Crippen LogP contribution in [0.1, 0.15) is 38.5 Å². The Morgan fingerprint density at radius 3 is 2.19 bits per heavy atom. The summed E-state index contributed by atoms with van der Waals surface area (Å²) in [7, 11) is -3.17. The number of rotatable bonds is 3. The third kappa shape index (κ3) is 3.10. The molecule has 120 valence electrons. The third-order valence-corrected chi connectivity index (χ3v) is 7.20. The van der Waals surface area contributed by atoms with E-state index in [4.69, 9.17) is 4.74 Å². The summed E-state index contributed by atoms with van der Waals surface area (Å²) >= 11 is 0. The lowest BCUT2D eigenvalue weighted by Gasteiger charge is -2.34. The molecule has 1 atom stereocenters. The number of ether oxygens (including phenoxy) is 1. The van der Waals surface area contributed by atoms with Crippen molar-refractivity contribution in [1.82, 2.24) is 9.21 Å². The molecule has 0 saturated carbocycles. The molecule has 1 unspecified atom stereocenters. The number of hydrogen-bond acceptors (Lipinski definition) is 4. The molecule has 7 heteroatoms. The lowest BCUT2D eigenvalue weighted by molar-refractivity contribution is -0.141. The minimum absolute atomic E-state index is 0.0459. The molecule has 0 aromatic heterocycles. The van der Waals surface area contributed by atoms with E-state index in [1.54, 1.807) is 9.21 Å². The number of carbonyl (C=O) groups is 1. The molecular weight excluding hydrogens is 292 g/mol. The van der Waals surface area contributed by atoms with Gasteiger partial charge in [-0.2, -0.15) is 0 Å². The summed E-state index contributed by atoms with van der Waals surface area (Å²) in [6, 6.07) is 0. The van der Waals surface area contributed by atoms with Crippen molar-refractivity contribution >= 4 is 15.9 Å². The zero-order valence-corrected chi connectivity index (χ0v) is 13.2. The largest absolute Gasteiger partial charge is 0.368 e. The fourth-order valence-corrected chi connectivity index (χ4v) is 5.50. The van der Waals surface area contributed by atoms with Gasteiger partial charge in [0.2, 0.25) is 10.0 Å². The Balaban J connectivity index is 1.56. The summed E-state index contributed by atoms with van der Waals surface area (Å²) in [4.78, 5) is 14.0. The van der Waals surface area contributed by atoms with Crippen LogP contribution in [0.15, 0.2) is 0 Å². The Bertz CT molecular complexity index is 473. The Labute approximate surface area is 126 Å². The van der Waals surface area contributed by atoms with Gasteiger partial charge >= 0.3 is 0 Å². The highest BCUT2D eigenvalue weighted by molar-refractivity contribution is 7.89. The van der Waals surface area contributed by atoms with Gasteiger partial charge in [-0.15, -0.1) is 0 Å². The highest BCUT2D eigenvalue weighted by atomic mass is 32.2. The van der Waals surface area contributed by atoms with Gasteiger partial charge in [-0.1, -0.05) is 0 Å². The molecule has 3 fully saturated rings. The van der Waals surface area contributed by atoms with E-state index in [2.05, 4.69) is 0 Å². The molecule has 21 heavy (non-hydrogen) atoms. The van der Waals surface area contributed by atoms with Crippen LogP contribution in [-0.2, 0) is 19.6 Å². The number of carbonyl (C=O) groups excluding carboxylic acids is 1. The molecule has 0 N–H and O–H groups in total. The average Bonchev–Trinajstić information content (AvgIpc) is 3.19. The predicted molar refractivity (Wildman–Crippen MR) is 78.3 cm³/mol. The van der Waals surface area contributed by atoms with Gasteiger partial charge < -0.3 is 9.64 Å². The number of piperidine rings is 1. The minimum atomic E-state index is -3.17. The van der Waals surface area contributed by atoms with Crippen LogP contribution >= 0.6 is 0 Å². The van der Waals surface area contributed by atoms with Crippen molar-refractivity contribution < 1.29 is 17.9 Å². The molecule has 0 spiro atoms. The van der Waals surface area contributed by atoms with Crippen molar-refractivity contribution in [2.45, 2.75) is 49.9 Å². The zero-order chi connectivity index (χ0) is 14.9. The van der Waals surface area contributed by atoms with Gasteiger partial charge in [0.1, 0.15) is 6.10 Å². The van der Waals surface area contributed by atoms with E-state index in [1.807, 2.05) is 0 Å². The van der Waals surface area contributed by atoms with Crippen LogP contribution in [0, 0.1) is 0 Å². The molecule has 0 radical (unpaired) electrons. The molecule has 3 aliphatic heterocycles. The molecule has 0 aliphatic carbocycles. The highest BCUT2D eigenvalue weighted by Crippen LogP contribution is 2.25. The zero-order valence-electron chi connectivity index (χ0n) is 12.4. The summed E-state index contributed by atoms with van der Waals surface area (Å²) in [5, 5.41) is -0.316. The standard InChI is InChI=1S/C14H24N2O4S/c17-14(13-4-3-11-20-13)15-9-5-12(6-10-15)21(18,19)16-7-1-2-8-16/h12-13H,1-11H2. The van der Waals surface area contributed by atoms with Crippen molar-refractivity contribution in [3.63, 3.8) is 0 Å². The van der Waals surface area contributed by atoms with Gasteiger partial charge in [-0.25, -0.2) is 12.7 Å². The first-order valence-electron chi connectivity index (χ1n) is 7.98. The summed E-state index contributed by atoms with van der Waals surface area (Å²) in [5.74, 6) is 0.0459.